The Bertz CT molecular complexity index is 516. The molecule has 0 fully saturated rings. The van der Waals surface area contributed by atoms with Crippen LogP contribution in [0.3, 0.4) is 0 Å². The topological polar surface area (TPSA) is 32.7 Å². The lowest BCUT2D eigenvalue weighted by molar-refractivity contribution is 0.163. The molecule has 0 saturated heterocycles. The Hall–Kier alpha value is -1.91. The summed E-state index contributed by atoms with van der Waals surface area (Å²) in [4.78, 5) is 2.12. The molecule has 2 aromatic carbocycles. The summed E-state index contributed by atoms with van der Waals surface area (Å²) >= 11 is 0. The van der Waals surface area contributed by atoms with Crippen molar-refractivity contribution in [3.63, 3.8) is 0 Å². The van der Waals surface area contributed by atoms with Crippen molar-refractivity contribution in [3.05, 3.63) is 66.0 Å². The fourth-order valence-electron chi connectivity index (χ4n) is 2.08. The molecule has 0 aromatic heterocycles. The van der Waals surface area contributed by atoms with Gasteiger partial charge in [-0.1, -0.05) is 30.3 Å². The van der Waals surface area contributed by atoms with Crippen LogP contribution in [-0.4, -0.2) is 36.3 Å². The van der Waals surface area contributed by atoms with Crippen LogP contribution in [0.15, 0.2) is 54.6 Å². The molecule has 3 nitrogen and oxygen atoms in total. The zero-order valence-electron chi connectivity index (χ0n) is 11.9. The average Bonchev–Trinajstić information content (AvgIpc) is 2.50. The second-order valence-corrected chi connectivity index (χ2v) is 4.79. The van der Waals surface area contributed by atoms with Crippen LogP contribution in [0.1, 0.15) is 5.56 Å². The third-order valence-electron chi connectivity index (χ3n) is 3.16. The number of aliphatic hydroxyl groups excluding tert-OH is 1. The number of aliphatic hydroxyl groups is 1. The van der Waals surface area contributed by atoms with E-state index in [0.29, 0.717) is 25.4 Å². The second kappa shape index (κ2) is 8.39. The van der Waals surface area contributed by atoms with Gasteiger partial charge in [0, 0.05) is 19.6 Å². The lowest BCUT2D eigenvalue weighted by Gasteiger charge is -2.21. The number of rotatable bonds is 8. The number of halogens is 1. The van der Waals surface area contributed by atoms with E-state index in [2.05, 4.69) is 17.0 Å². The van der Waals surface area contributed by atoms with Crippen molar-refractivity contribution in [2.24, 2.45) is 0 Å². The highest BCUT2D eigenvalue weighted by Crippen LogP contribution is 2.11. The van der Waals surface area contributed by atoms with Crippen molar-refractivity contribution in [3.8, 4) is 5.75 Å². The Kier molecular flexibility index (Phi) is 6.19. The summed E-state index contributed by atoms with van der Waals surface area (Å²) in [7, 11) is 0. The van der Waals surface area contributed by atoms with Gasteiger partial charge in [0.2, 0.25) is 0 Å². The lowest BCUT2D eigenvalue weighted by Crippen LogP contribution is -2.30. The molecule has 2 aromatic rings. The molecule has 0 bridgehead atoms. The van der Waals surface area contributed by atoms with E-state index < -0.39 is 0 Å². The maximum Gasteiger partial charge on any atom is 0.123 e. The monoisotopic (exact) mass is 289 g/mol. The Labute approximate surface area is 124 Å². The molecule has 0 unspecified atom stereocenters. The Morgan fingerprint density at radius 3 is 2.33 bits per heavy atom. The molecular weight excluding hydrogens is 269 g/mol. The van der Waals surface area contributed by atoms with Crippen LogP contribution >= 0.6 is 0 Å². The quantitative estimate of drug-likeness (QED) is 0.811. The van der Waals surface area contributed by atoms with Gasteiger partial charge in [0.05, 0.1) is 6.61 Å². The molecule has 0 heterocycles. The van der Waals surface area contributed by atoms with Crippen molar-refractivity contribution in [1.82, 2.24) is 4.90 Å². The van der Waals surface area contributed by atoms with Gasteiger partial charge in [-0.3, -0.25) is 4.90 Å². The molecule has 0 spiro atoms. The fraction of sp³-hybridized carbons (Fsp3) is 0.294. The minimum Gasteiger partial charge on any atom is -0.492 e. The minimum atomic E-state index is -0.270. The van der Waals surface area contributed by atoms with Crippen molar-refractivity contribution in [2.75, 3.05) is 26.3 Å². The largest absolute Gasteiger partial charge is 0.492 e. The van der Waals surface area contributed by atoms with E-state index in [4.69, 9.17) is 9.84 Å². The Morgan fingerprint density at radius 1 is 0.952 bits per heavy atom. The molecule has 21 heavy (non-hydrogen) atoms. The van der Waals surface area contributed by atoms with Crippen LogP contribution in [0.5, 0.6) is 5.75 Å². The molecule has 0 amide bonds. The van der Waals surface area contributed by atoms with Gasteiger partial charge in [-0.25, -0.2) is 4.39 Å². The number of hydrogen-bond donors (Lipinski definition) is 1. The van der Waals surface area contributed by atoms with Gasteiger partial charge >= 0.3 is 0 Å². The zero-order valence-corrected chi connectivity index (χ0v) is 11.9. The van der Waals surface area contributed by atoms with Crippen LogP contribution < -0.4 is 4.74 Å². The smallest absolute Gasteiger partial charge is 0.123 e. The van der Waals surface area contributed by atoms with Crippen LogP contribution in [0.4, 0.5) is 4.39 Å². The highest BCUT2D eigenvalue weighted by Gasteiger charge is 2.05. The van der Waals surface area contributed by atoms with Crippen molar-refractivity contribution < 1.29 is 14.2 Å². The first kappa shape index (κ1) is 15.5. The first-order valence-electron chi connectivity index (χ1n) is 7.03. The van der Waals surface area contributed by atoms with Gasteiger partial charge in [-0.05, 0) is 29.8 Å². The molecule has 0 saturated carbocycles. The number of hydrogen-bond acceptors (Lipinski definition) is 3. The van der Waals surface area contributed by atoms with Gasteiger partial charge < -0.3 is 9.84 Å². The normalized spacial score (nSPS) is 10.8. The second-order valence-electron chi connectivity index (χ2n) is 4.79. The van der Waals surface area contributed by atoms with Gasteiger partial charge in [0.15, 0.2) is 0 Å². The van der Waals surface area contributed by atoms with E-state index >= 15 is 0 Å². The standard InChI is InChI=1S/C17H20FNO2/c18-16-6-8-17(9-7-16)21-13-11-19(10-12-20)14-15-4-2-1-3-5-15/h1-9,20H,10-14H2. The third kappa shape index (κ3) is 5.53. The Morgan fingerprint density at radius 2 is 1.67 bits per heavy atom. The van der Waals surface area contributed by atoms with Crippen LogP contribution in [-0.2, 0) is 6.54 Å². The summed E-state index contributed by atoms with van der Waals surface area (Å²) in [5.74, 6) is 0.383. The highest BCUT2D eigenvalue weighted by atomic mass is 19.1. The number of ether oxygens (including phenoxy) is 1. The highest BCUT2D eigenvalue weighted by molar-refractivity contribution is 5.22. The molecule has 112 valence electrons. The number of nitrogens with zero attached hydrogens (tertiary/aromatic N) is 1. The van der Waals surface area contributed by atoms with Crippen molar-refractivity contribution >= 4 is 0 Å². The van der Waals surface area contributed by atoms with Gasteiger partial charge in [0.25, 0.3) is 0 Å². The summed E-state index contributed by atoms with van der Waals surface area (Å²) in [5.41, 5.74) is 1.20. The molecule has 0 aliphatic heterocycles. The van der Waals surface area contributed by atoms with Gasteiger partial charge in [0.1, 0.15) is 18.2 Å². The molecule has 4 heteroatoms. The molecule has 0 aliphatic rings. The summed E-state index contributed by atoms with van der Waals surface area (Å²) < 4.78 is 18.4. The van der Waals surface area contributed by atoms with Gasteiger partial charge in [-0.15, -0.1) is 0 Å². The predicted molar refractivity (Wildman–Crippen MR) is 80.7 cm³/mol. The molecule has 0 atom stereocenters. The summed E-state index contributed by atoms with van der Waals surface area (Å²) in [6, 6.07) is 16.1. The molecular formula is C17H20FNO2. The predicted octanol–water partition coefficient (Wildman–Crippen LogP) is 2.70. The maximum atomic E-state index is 12.8. The molecule has 0 aliphatic carbocycles. The molecule has 0 radical (unpaired) electrons. The van der Waals surface area contributed by atoms with E-state index in [1.807, 2.05) is 18.2 Å². The molecule has 2 rings (SSSR count). The third-order valence-corrected chi connectivity index (χ3v) is 3.16. The molecule has 1 N–H and O–H groups in total. The number of benzene rings is 2. The zero-order chi connectivity index (χ0) is 14.9. The van der Waals surface area contributed by atoms with E-state index in [9.17, 15) is 4.39 Å². The van der Waals surface area contributed by atoms with Crippen molar-refractivity contribution in [1.29, 1.82) is 0 Å². The summed E-state index contributed by atoms with van der Waals surface area (Å²) in [6.45, 7) is 2.69. The average molecular weight is 289 g/mol. The first-order chi connectivity index (χ1) is 10.3. The van der Waals surface area contributed by atoms with E-state index in [1.54, 1.807) is 12.1 Å². The SMILES string of the molecule is OCCN(CCOc1ccc(F)cc1)Cc1ccccc1. The van der Waals surface area contributed by atoms with Gasteiger partial charge in [-0.2, -0.15) is 0 Å². The van der Waals surface area contributed by atoms with E-state index in [0.717, 1.165) is 6.54 Å². The van der Waals surface area contributed by atoms with E-state index in [-0.39, 0.29) is 12.4 Å². The fourth-order valence-corrected chi connectivity index (χ4v) is 2.08. The van der Waals surface area contributed by atoms with Crippen LogP contribution in [0, 0.1) is 5.82 Å². The van der Waals surface area contributed by atoms with Crippen LogP contribution in [0.25, 0.3) is 0 Å². The van der Waals surface area contributed by atoms with Crippen molar-refractivity contribution in [2.45, 2.75) is 6.54 Å². The first-order valence-corrected chi connectivity index (χ1v) is 7.03. The minimum absolute atomic E-state index is 0.114. The lowest BCUT2D eigenvalue weighted by atomic mass is 10.2. The van der Waals surface area contributed by atoms with Crippen LogP contribution in [0.2, 0.25) is 0 Å². The van der Waals surface area contributed by atoms with E-state index in [1.165, 1.54) is 17.7 Å². The summed E-state index contributed by atoms with van der Waals surface area (Å²) in [5, 5.41) is 9.14. The summed E-state index contributed by atoms with van der Waals surface area (Å²) in [6.07, 6.45) is 0. The Balaban J connectivity index is 1.81. The maximum absolute atomic E-state index is 12.8.